The van der Waals surface area contributed by atoms with Crippen LogP contribution in [0.15, 0.2) is 52.0 Å². The van der Waals surface area contributed by atoms with Crippen molar-refractivity contribution in [1.29, 1.82) is 0 Å². The van der Waals surface area contributed by atoms with Crippen LogP contribution in [0.1, 0.15) is 5.56 Å². The van der Waals surface area contributed by atoms with Gasteiger partial charge in [0.05, 0.1) is 26.6 Å². The first-order valence-electron chi connectivity index (χ1n) is 7.17. The second kappa shape index (κ2) is 7.05. The first-order valence-corrected chi connectivity index (χ1v) is 9.29. The molecule has 0 amide bonds. The van der Waals surface area contributed by atoms with Gasteiger partial charge in [-0.1, -0.05) is 28.1 Å². The Morgan fingerprint density at radius 3 is 2.68 bits per heavy atom. The summed E-state index contributed by atoms with van der Waals surface area (Å²) in [5.41, 5.74) is 1.10. The number of halogens is 3. The normalized spacial score (nSPS) is 12.4. The fourth-order valence-electron chi connectivity index (χ4n) is 2.63. The zero-order chi connectivity index (χ0) is 18.1. The minimum absolute atomic E-state index is 0.0176. The van der Waals surface area contributed by atoms with Crippen molar-refractivity contribution in [2.45, 2.75) is 11.4 Å². The molecule has 25 heavy (non-hydrogen) atoms. The quantitative estimate of drug-likeness (QED) is 0.670. The topological polar surface area (TPSA) is 59.3 Å². The van der Waals surface area contributed by atoms with Gasteiger partial charge in [-0.3, -0.25) is 9.00 Å². The molecule has 1 N–H and O–H groups in total. The van der Waals surface area contributed by atoms with E-state index in [0.29, 0.717) is 12.6 Å². The molecule has 130 valence electrons. The lowest BCUT2D eigenvalue weighted by Crippen LogP contribution is -2.09. The van der Waals surface area contributed by atoms with E-state index in [1.54, 1.807) is 4.57 Å². The number of benzene rings is 2. The van der Waals surface area contributed by atoms with Crippen LogP contribution in [0.25, 0.3) is 10.9 Å². The van der Waals surface area contributed by atoms with E-state index in [4.69, 9.17) is 5.11 Å². The molecule has 0 saturated heterocycles. The van der Waals surface area contributed by atoms with Crippen LogP contribution in [0.5, 0.6) is 0 Å². The molecule has 8 heteroatoms. The molecular weight excluding hydrogens is 416 g/mol. The molecule has 3 aromatic rings. The fraction of sp³-hybridized carbons (Fsp3) is 0.118. The highest BCUT2D eigenvalue weighted by Gasteiger charge is 2.20. The fourth-order valence-corrected chi connectivity index (χ4v) is 4.13. The third kappa shape index (κ3) is 3.80. The van der Waals surface area contributed by atoms with Gasteiger partial charge in [-0.05, 0) is 23.8 Å². The van der Waals surface area contributed by atoms with Crippen LogP contribution in [0.4, 0.5) is 8.78 Å². The molecule has 4 nitrogen and oxygen atoms in total. The Hall–Kier alpha value is -2.06. The summed E-state index contributed by atoms with van der Waals surface area (Å²) in [4.78, 5) is 10.9. The zero-order valence-electron chi connectivity index (χ0n) is 12.7. The van der Waals surface area contributed by atoms with Crippen LogP contribution in [0.2, 0.25) is 0 Å². The van der Waals surface area contributed by atoms with Crippen molar-refractivity contribution in [1.82, 2.24) is 4.57 Å². The third-order valence-corrected chi connectivity index (χ3v) is 5.41. The number of fused-ring (bicyclic) bond motifs is 1. The number of hydrogen-bond acceptors (Lipinski definition) is 2. The second-order valence-electron chi connectivity index (χ2n) is 5.42. The van der Waals surface area contributed by atoms with Crippen molar-refractivity contribution in [2.24, 2.45) is 0 Å². The van der Waals surface area contributed by atoms with Gasteiger partial charge >= 0.3 is 5.97 Å². The van der Waals surface area contributed by atoms with Crippen LogP contribution in [-0.4, -0.2) is 25.6 Å². The van der Waals surface area contributed by atoms with Gasteiger partial charge in [0.15, 0.2) is 0 Å². The van der Waals surface area contributed by atoms with E-state index in [0.717, 1.165) is 16.1 Å². The Labute approximate surface area is 152 Å². The summed E-state index contributed by atoms with van der Waals surface area (Å²) < 4.78 is 42.6. The first kappa shape index (κ1) is 17.8. The Morgan fingerprint density at radius 1 is 1.24 bits per heavy atom. The summed E-state index contributed by atoms with van der Waals surface area (Å²) in [6.07, 6.45) is 1.42. The second-order valence-corrected chi connectivity index (χ2v) is 7.75. The van der Waals surface area contributed by atoms with Crippen LogP contribution in [0, 0.1) is 11.6 Å². The molecule has 1 aromatic heterocycles. The summed E-state index contributed by atoms with van der Waals surface area (Å²) in [6.45, 7) is 0.295. The van der Waals surface area contributed by atoms with Gasteiger partial charge in [0, 0.05) is 23.3 Å². The molecule has 1 heterocycles. The largest absolute Gasteiger partial charge is 0.481 e. The molecule has 0 fully saturated rings. The maximum atomic E-state index is 14.3. The summed E-state index contributed by atoms with van der Waals surface area (Å²) in [5.74, 6) is -3.52. The molecule has 1 atom stereocenters. The Balaban J connectivity index is 2.15. The van der Waals surface area contributed by atoms with E-state index in [2.05, 4.69) is 15.9 Å². The zero-order valence-corrected chi connectivity index (χ0v) is 15.1. The summed E-state index contributed by atoms with van der Waals surface area (Å²) >= 11 is 3.36. The molecule has 1 unspecified atom stereocenters. The number of nitrogens with zero attached hydrogens (tertiary/aromatic N) is 1. The van der Waals surface area contributed by atoms with Crippen molar-refractivity contribution in [3.8, 4) is 0 Å². The van der Waals surface area contributed by atoms with Crippen molar-refractivity contribution < 1.29 is 22.9 Å². The van der Waals surface area contributed by atoms with E-state index in [1.807, 2.05) is 24.3 Å². The molecule has 0 saturated carbocycles. The number of rotatable bonds is 5. The molecule has 2 aromatic carbocycles. The molecule has 0 aliphatic heterocycles. The smallest absolute Gasteiger partial charge is 0.316 e. The van der Waals surface area contributed by atoms with Gasteiger partial charge < -0.3 is 9.67 Å². The minimum Gasteiger partial charge on any atom is -0.481 e. The summed E-state index contributed by atoms with van der Waals surface area (Å²) in [7, 11) is -1.94. The Kier molecular flexibility index (Phi) is 5.01. The lowest BCUT2D eigenvalue weighted by Gasteiger charge is -2.06. The van der Waals surface area contributed by atoms with Crippen LogP contribution >= 0.6 is 15.9 Å². The Bertz CT molecular complexity index is 1000. The molecule has 0 radical (unpaired) electrons. The predicted molar refractivity (Wildman–Crippen MR) is 94.0 cm³/mol. The third-order valence-electron chi connectivity index (χ3n) is 3.60. The van der Waals surface area contributed by atoms with Crippen LogP contribution in [0.3, 0.4) is 0 Å². The highest BCUT2D eigenvalue weighted by Crippen LogP contribution is 2.29. The van der Waals surface area contributed by atoms with Crippen LogP contribution < -0.4 is 0 Å². The van der Waals surface area contributed by atoms with Gasteiger partial charge in [0.1, 0.15) is 17.4 Å². The number of carboxylic acids is 1. The van der Waals surface area contributed by atoms with Crippen molar-refractivity contribution >= 4 is 43.6 Å². The lowest BCUT2D eigenvalue weighted by atomic mass is 10.2. The van der Waals surface area contributed by atoms with Crippen molar-refractivity contribution in [2.75, 3.05) is 5.75 Å². The number of carboxylic acid groups (broad SMARTS) is 1. The monoisotopic (exact) mass is 427 g/mol. The highest BCUT2D eigenvalue weighted by atomic mass is 79.9. The molecular formula is C17H12BrF2NO3S. The minimum atomic E-state index is -1.94. The highest BCUT2D eigenvalue weighted by molar-refractivity contribution is 9.10. The number of aromatic nitrogens is 1. The predicted octanol–water partition coefficient (Wildman–Crippen LogP) is 3.92. The summed E-state index contributed by atoms with van der Waals surface area (Å²) in [5, 5.41) is 8.83. The lowest BCUT2D eigenvalue weighted by molar-refractivity contribution is -0.133. The summed E-state index contributed by atoms with van der Waals surface area (Å²) in [6, 6.07) is 9.24. The molecule has 3 rings (SSSR count). The average molecular weight is 428 g/mol. The van der Waals surface area contributed by atoms with Crippen molar-refractivity contribution in [3.05, 3.63) is 64.3 Å². The molecule has 0 aliphatic rings. The van der Waals surface area contributed by atoms with E-state index < -0.39 is 34.2 Å². The van der Waals surface area contributed by atoms with E-state index in [1.165, 1.54) is 6.20 Å². The molecule has 0 spiro atoms. The van der Waals surface area contributed by atoms with E-state index in [9.17, 15) is 17.8 Å². The number of carbonyl (C=O) groups is 1. The average Bonchev–Trinajstić information content (AvgIpc) is 2.85. The van der Waals surface area contributed by atoms with Crippen LogP contribution in [-0.2, 0) is 22.1 Å². The molecule has 0 bridgehead atoms. The van der Waals surface area contributed by atoms with Gasteiger partial charge in [-0.25, -0.2) is 8.78 Å². The number of aliphatic carboxylic acids is 1. The van der Waals surface area contributed by atoms with E-state index in [-0.39, 0.29) is 15.8 Å². The number of hydrogen-bond donors (Lipinski definition) is 1. The Morgan fingerprint density at radius 2 is 2.00 bits per heavy atom. The maximum absolute atomic E-state index is 14.3. The standard InChI is InChI=1S/C17H12BrF2NO3S/c18-11-3-1-2-10(4-11)7-21-8-15(25(24)9-16(22)23)17-13(20)5-12(19)6-14(17)21/h1-6,8H,7,9H2,(H,22,23). The maximum Gasteiger partial charge on any atom is 0.316 e. The van der Waals surface area contributed by atoms with Gasteiger partial charge in [0.2, 0.25) is 0 Å². The van der Waals surface area contributed by atoms with Gasteiger partial charge in [-0.2, -0.15) is 0 Å². The SMILES string of the molecule is O=C(O)CS(=O)c1cn(Cc2cccc(Br)c2)c2cc(F)cc(F)c12. The van der Waals surface area contributed by atoms with E-state index >= 15 is 0 Å². The molecule has 0 aliphatic carbocycles. The van der Waals surface area contributed by atoms with Gasteiger partial charge in [0.25, 0.3) is 0 Å². The first-order chi connectivity index (χ1) is 11.8. The van der Waals surface area contributed by atoms with Crippen molar-refractivity contribution in [3.63, 3.8) is 0 Å². The van der Waals surface area contributed by atoms with Gasteiger partial charge in [-0.15, -0.1) is 0 Å².